The highest BCUT2D eigenvalue weighted by Crippen LogP contribution is 2.51. The third-order valence-corrected chi connectivity index (χ3v) is 3.44. The Bertz CT molecular complexity index is 656. The minimum absolute atomic E-state index is 0.0428. The fourth-order valence-corrected chi connectivity index (χ4v) is 2.10. The summed E-state index contributed by atoms with van der Waals surface area (Å²) in [5.41, 5.74) is 1.54. The summed E-state index contributed by atoms with van der Waals surface area (Å²) in [4.78, 5) is 25.5. The third-order valence-electron chi connectivity index (χ3n) is 3.44. The number of halogens is 3. The van der Waals surface area contributed by atoms with E-state index in [9.17, 15) is 22.8 Å². The van der Waals surface area contributed by atoms with Crippen molar-refractivity contribution in [2.24, 2.45) is 5.92 Å². The van der Waals surface area contributed by atoms with Gasteiger partial charge in [0.15, 0.2) is 0 Å². The Morgan fingerprint density at radius 2 is 1.95 bits per heavy atom. The monoisotopic (exact) mass is 306 g/mol. The molecule has 1 heterocycles. The van der Waals surface area contributed by atoms with Crippen LogP contribution in [0.2, 0.25) is 0 Å². The second-order valence-electron chi connectivity index (χ2n) is 5.73. The van der Waals surface area contributed by atoms with E-state index >= 15 is 0 Å². The smallest absolute Gasteiger partial charge is 0.383 e. The number of nitrogen functional groups attached to an aromatic ring is 1. The second kappa shape index (κ2) is 4.81. The summed E-state index contributed by atoms with van der Waals surface area (Å²) in [6.45, 7) is 3.85. The van der Waals surface area contributed by atoms with Gasteiger partial charge in [-0.25, -0.2) is 4.79 Å². The average Bonchev–Trinajstić information content (AvgIpc) is 3.10. The van der Waals surface area contributed by atoms with Crippen molar-refractivity contribution in [3.05, 3.63) is 20.8 Å². The van der Waals surface area contributed by atoms with Gasteiger partial charge in [0.05, 0.1) is 0 Å². The van der Waals surface area contributed by atoms with Crippen LogP contribution in [0.25, 0.3) is 0 Å². The van der Waals surface area contributed by atoms with Gasteiger partial charge in [-0.15, -0.1) is 0 Å². The minimum atomic E-state index is -4.48. The van der Waals surface area contributed by atoms with E-state index in [0.717, 1.165) is 4.57 Å². The van der Waals surface area contributed by atoms with Crippen molar-refractivity contribution < 1.29 is 13.2 Å². The quantitative estimate of drug-likeness (QED) is 0.781. The molecule has 4 N–H and O–H groups in total. The van der Waals surface area contributed by atoms with Gasteiger partial charge in [-0.1, -0.05) is 13.8 Å². The fourth-order valence-electron chi connectivity index (χ4n) is 2.10. The molecular weight excluding hydrogens is 289 g/mol. The van der Waals surface area contributed by atoms with Crippen molar-refractivity contribution in [2.75, 3.05) is 11.1 Å². The first-order valence-electron chi connectivity index (χ1n) is 6.55. The zero-order chi connectivity index (χ0) is 16.0. The average molecular weight is 306 g/mol. The van der Waals surface area contributed by atoms with E-state index in [2.05, 4.69) is 5.32 Å². The normalized spacial score (nSPS) is 17.0. The molecule has 0 amide bonds. The van der Waals surface area contributed by atoms with Crippen LogP contribution in [-0.4, -0.2) is 21.3 Å². The summed E-state index contributed by atoms with van der Waals surface area (Å²) in [6, 6.07) is 0. The molecule has 0 spiro atoms. The van der Waals surface area contributed by atoms with Crippen molar-refractivity contribution in [3.63, 3.8) is 0 Å². The molecule has 2 rings (SSSR count). The number of hydrogen-bond donors (Lipinski definition) is 3. The molecule has 9 heteroatoms. The maximum absolute atomic E-state index is 13.0. The first-order chi connectivity index (χ1) is 9.57. The summed E-state index contributed by atoms with van der Waals surface area (Å²) in [7, 11) is 0. The molecule has 1 fully saturated rings. The number of rotatable bonds is 4. The number of aromatic amines is 1. The molecule has 0 bridgehead atoms. The highest BCUT2D eigenvalue weighted by atomic mass is 19.4. The Labute approximate surface area is 118 Å². The van der Waals surface area contributed by atoms with Gasteiger partial charge in [0, 0.05) is 6.54 Å². The van der Waals surface area contributed by atoms with Crippen molar-refractivity contribution in [1.82, 2.24) is 9.55 Å². The standard InChI is InChI=1S/C12H17F3N4O2/c1-6(2)5-19-8(16)7(9(20)17-10(19)21)18-11(3-4-11)12(13,14)15/h6,18H,3-5,16H2,1-2H3,(H,17,20,21). The van der Waals surface area contributed by atoms with Crippen molar-refractivity contribution in [2.45, 2.75) is 44.9 Å². The molecule has 0 aliphatic heterocycles. The summed E-state index contributed by atoms with van der Waals surface area (Å²) in [6.07, 6.45) is -4.73. The summed E-state index contributed by atoms with van der Waals surface area (Å²) >= 11 is 0. The van der Waals surface area contributed by atoms with E-state index in [4.69, 9.17) is 5.73 Å². The number of nitrogens with one attached hydrogen (secondary N) is 2. The van der Waals surface area contributed by atoms with E-state index in [-0.39, 0.29) is 31.1 Å². The van der Waals surface area contributed by atoms with Crippen LogP contribution in [0.5, 0.6) is 0 Å². The Morgan fingerprint density at radius 3 is 2.38 bits per heavy atom. The molecule has 6 nitrogen and oxygen atoms in total. The predicted octanol–water partition coefficient (Wildman–Crippen LogP) is 1.28. The van der Waals surface area contributed by atoms with Gasteiger partial charge < -0.3 is 11.1 Å². The SMILES string of the molecule is CC(C)Cn1c(N)c(NC2(C(F)(F)F)CC2)c(=O)[nH]c1=O. The van der Waals surface area contributed by atoms with Crippen molar-refractivity contribution in [1.29, 1.82) is 0 Å². The number of hydrogen-bond acceptors (Lipinski definition) is 4. The number of anilines is 2. The number of aromatic nitrogens is 2. The van der Waals surface area contributed by atoms with Crippen LogP contribution in [0.1, 0.15) is 26.7 Å². The largest absolute Gasteiger partial charge is 0.411 e. The molecule has 0 unspecified atom stereocenters. The summed E-state index contributed by atoms with van der Waals surface area (Å²) in [5, 5.41) is 2.19. The predicted molar refractivity (Wildman–Crippen MR) is 72.2 cm³/mol. The summed E-state index contributed by atoms with van der Waals surface area (Å²) in [5.74, 6) is -0.228. The van der Waals surface area contributed by atoms with E-state index < -0.39 is 28.7 Å². The fraction of sp³-hybridized carbons (Fsp3) is 0.667. The Hall–Kier alpha value is -1.93. The highest BCUT2D eigenvalue weighted by Gasteiger charge is 2.64. The van der Waals surface area contributed by atoms with E-state index in [0.29, 0.717) is 0 Å². The van der Waals surface area contributed by atoms with Crippen LogP contribution in [0.4, 0.5) is 24.7 Å². The molecule has 1 aliphatic rings. The molecule has 1 saturated carbocycles. The van der Waals surface area contributed by atoms with E-state index in [1.165, 1.54) is 0 Å². The number of nitrogens with two attached hydrogens (primary N) is 1. The third kappa shape index (κ3) is 2.77. The Balaban J connectivity index is 2.46. The van der Waals surface area contributed by atoms with Gasteiger partial charge in [0.1, 0.15) is 17.0 Å². The molecule has 118 valence electrons. The van der Waals surface area contributed by atoms with E-state index in [1.54, 1.807) is 0 Å². The van der Waals surface area contributed by atoms with Gasteiger partial charge in [0.2, 0.25) is 0 Å². The lowest BCUT2D eigenvalue weighted by Gasteiger charge is -2.23. The maximum atomic E-state index is 13.0. The minimum Gasteiger partial charge on any atom is -0.383 e. The molecule has 0 aromatic carbocycles. The number of nitrogens with zero attached hydrogens (tertiary/aromatic N) is 1. The zero-order valence-electron chi connectivity index (χ0n) is 11.7. The lowest BCUT2D eigenvalue weighted by atomic mass is 10.2. The molecule has 1 aliphatic carbocycles. The van der Waals surface area contributed by atoms with Crippen LogP contribution in [-0.2, 0) is 6.54 Å². The Kier molecular flexibility index (Phi) is 3.54. The van der Waals surface area contributed by atoms with E-state index in [1.807, 2.05) is 18.8 Å². The zero-order valence-corrected chi connectivity index (χ0v) is 11.7. The first-order valence-corrected chi connectivity index (χ1v) is 6.55. The highest BCUT2D eigenvalue weighted by molar-refractivity contribution is 5.63. The molecule has 21 heavy (non-hydrogen) atoms. The molecule has 1 aromatic heterocycles. The van der Waals surface area contributed by atoms with Gasteiger partial charge in [-0.05, 0) is 18.8 Å². The van der Waals surface area contributed by atoms with Crippen molar-refractivity contribution in [3.8, 4) is 0 Å². The van der Waals surface area contributed by atoms with Crippen LogP contribution in [0, 0.1) is 5.92 Å². The van der Waals surface area contributed by atoms with Crippen LogP contribution < -0.4 is 22.3 Å². The van der Waals surface area contributed by atoms with Gasteiger partial charge in [-0.2, -0.15) is 13.2 Å². The molecular formula is C12H17F3N4O2. The number of alkyl halides is 3. The molecule has 1 aromatic rings. The molecule has 0 atom stereocenters. The second-order valence-corrected chi connectivity index (χ2v) is 5.73. The topological polar surface area (TPSA) is 92.9 Å². The lowest BCUT2D eigenvalue weighted by Crippen LogP contribution is -2.43. The molecule has 0 saturated heterocycles. The molecule has 0 radical (unpaired) electrons. The summed E-state index contributed by atoms with van der Waals surface area (Å²) < 4.78 is 39.9. The first kappa shape index (κ1) is 15.5. The number of H-pyrrole nitrogens is 1. The van der Waals surface area contributed by atoms with Gasteiger partial charge >= 0.3 is 11.9 Å². The van der Waals surface area contributed by atoms with Crippen LogP contribution >= 0.6 is 0 Å². The Morgan fingerprint density at radius 1 is 1.38 bits per heavy atom. The van der Waals surface area contributed by atoms with Crippen LogP contribution in [0.15, 0.2) is 9.59 Å². The maximum Gasteiger partial charge on any atom is 0.411 e. The van der Waals surface area contributed by atoms with Crippen molar-refractivity contribution >= 4 is 11.5 Å². The van der Waals surface area contributed by atoms with Crippen LogP contribution in [0.3, 0.4) is 0 Å². The van der Waals surface area contributed by atoms with Gasteiger partial charge in [0.25, 0.3) is 5.56 Å². The lowest BCUT2D eigenvalue weighted by molar-refractivity contribution is -0.151. The van der Waals surface area contributed by atoms with Gasteiger partial charge in [-0.3, -0.25) is 14.3 Å².